The molecule has 2 amide bonds. The second kappa shape index (κ2) is 9.74. The second-order valence-electron chi connectivity index (χ2n) is 5.28. The van der Waals surface area contributed by atoms with Crippen LogP contribution in [0, 0.1) is 0 Å². The molecule has 10 heteroatoms. The average molecular weight is 332 g/mol. The van der Waals surface area contributed by atoms with E-state index in [2.05, 4.69) is 10.6 Å². The molecular formula is C13H24N4O6. The van der Waals surface area contributed by atoms with E-state index in [1.165, 1.54) is 13.8 Å². The molecule has 0 aliphatic carbocycles. The first kappa shape index (κ1) is 20.8. The summed E-state index contributed by atoms with van der Waals surface area (Å²) in [4.78, 5) is 44.5. The highest BCUT2D eigenvalue weighted by Crippen LogP contribution is 2.03. The van der Waals surface area contributed by atoms with Gasteiger partial charge in [-0.25, -0.2) is 0 Å². The van der Waals surface area contributed by atoms with Gasteiger partial charge in [0, 0.05) is 0 Å². The number of carboxylic acids is 2. The Morgan fingerprint density at radius 2 is 1.13 bits per heavy atom. The first-order valence-electron chi connectivity index (χ1n) is 7.13. The molecular weight excluding hydrogens is 308 g/mol. The monoisotopic (exact) mass is 332 g/mol. The standard InChI is InChI=1S/C13H24N4O6/c1-6(12(20)21)16-10(18)8(14)4-3-5-9(15)11(19)17-7(2)13(22)23/h6-9H,3-5,14-15H2,1-2H3,(H,16,18)(H,17,19)(H,20,21)(H,22,23). The topological polar surface area (TPSA) is 185 Å². The van der Waals surface area contributed by atoms with E-state index in [-0.39, 0.29) is 12.8 Å². The van der Waals surface area contributed by atoms with E-state index in [1.54, 1.807) is 0 Å². The molecule has 0 radical (unpaired) electrons. The zero-order chi connectivity index (χ0) is 18.2. The minimum atomic E-state index is -1.17. The number of nitrogens with two attached hydrogens (primary N) is 2. The second-order valence-corrected chi connectivity index (χ2v) is 5.28. The molecule has 0 fully saturated rings. The van der Waals surface area contributed by atoms with Gasteiger partial charge in [0.25, 0.3) is 0 Å². The van der Waals surface area contributed by atoms with Crippen LogP contribution >= 0.6 is 0 Å². The molecule has 0 aromatic rings. The third kappa shape index (κ3) is 8.12. The summed E-state index contributed by atoms with van der Waals surface area (Å²) in [5.41, 5.74) is 11.2. The number of nitrogens with one attached hydrogen (secondary N) is 2. The fraction of sp³-hybridized carbons (Fsp3) is 0.692. The molecule has 4 atom stereocenters. The van der Waals surface area contributed by atoms with Crippen LogP contribution in [0.2, 0.25) is 0 Å². The Labute approximate surface area is 133 Å². The number of carboxylic acid groups (broad SMARTS) is 2. The molecule has 10 nitrogen and oxygen atoms in total. The largest absolute Gasteiger partial charge is 0.480 e. The van der Waals surface area contributed by atoms with Gasteiger partial charge < -0.3 is 32.3 Å². The average Bonchev–Trinajstić information content (AvgIpc) is 2.46. The van der Waals surface area contributed by atoms with Crippen LogP contribution in [0.15, 0.2) is 0 Å². The molecule has 23 heavy (non-hydrogen) atoms. The molecule has 132 valence electrons. The molecule has 0 aromatic heterocycles. The van der Waals surface area contributed by atoms with Crippen molar-refractivity contribution in [1.82, 2.24) is 10.6 Å². The Balaban J connectivity index is 4.13. The van der Waals surface area contributed by atoms with Crippen LogP contribution in [0.5, 0.6) is 0 Å². The lowest BCUT2D eigenvalue weighted by Crippen LogP contribution is -2.48. The molecule has 0 spiro atoms. The fourth-order valence-electron chi connectivity index (χ4n) is 1.58. The number of rotatable bonds is 10. The van der Waals surface area contributed by atoms with Crippen LogP contribution in [0.4, 0.5) is 0 Å². The Morgan fingerprint density at radius 3 is 1.39 bits per heavy atom. The number of carbonyl (C=O) groups excluding carboxylic acids is 2. The summed E-state index contributed by atoms with van der Waals surface area (Å²) in [5, 5.41) is 21.8. The molecule has 8 N–H and O–H groups in total. The van der Waals surface area contributed by atoms with Gasteiger partial charge in [0.05, 0.1) is 12.1 Å². The van der Waals surface area contributed by atoms with Gasteiger partial charge in [-0.15, -0.1) is 0 Å². The fourth-order valence-corrected chi connectivity index (χ4v) is 1.58. The number of aliphatic carboxylic acids is 2. The minimum absolute atomic E-state index is 0.216. The van der Waals surface area contributed by atoms with Crippen LogP contribution in [-0.2, 0) is 19.2 Å². The van der Waals surface area contributed by atoms with Crippen molar-refractivity contribution in [1.29, 1.82) is 0 Å². The zero-order valence-corrected chi connectivity index (χ0v) is 13.1. The third-order valence-electron chi connectivity index (χ3n) is 3.16. The highest BCUT2D eigenvalue weighted by molar-refractivity contribution is 5.87. The van der Waals surface area contributed by atoms with Crippen molar-refractivity contribution in [3.8, 4) is 0 Å². The maximum atomic E-state index is 11.6. The van der Waals surface area contributed by atoms with E-state index < -0.39 is 47.9 Å². The van der Waals surface area contributed by atoms with Crippen LogP contribution in [-0.4, -0.2) is 58.1 Å². The van der Waals surface area contributed by atoms with Crippen LogP contribution in [0.1, 0.15) is 33.1 Å². The van der Waals surface area contributed by atoms with Gasteiger partial charge >= 0.3 is 11.9 Å². The Kier molecular flexibility index (Phi) is 8.81. The number of carbonyl (C=O) groups is 4. The molecule has 4 unspecified atom stereocenters. The highest BCUT2D eigenvalue weighted by Gasteiger charge is 2.21. The van der Waals surface area contributed by atoms with E-state index in [9.17, 15) is 19.2 Å². The predicted molar refractivity (Wildman–Crippen MR) is 80.3 cm³/mol. The normalized spacial score (nSPS) is 15.8. The van der Waals surface area contributed by atoms with E-state index in [1.807, 2.05) is 0 Å². The Bertz CT molecular complexity index is 416. The summed E-state index contributed by atoms with van der Waals surface area (Å²) in [6, 6.07) is -3.91. The minimum Gasteiger partial charge on any atom is -0.480 e. The molecule has 0 saturated heterocycles. The van der Waals surface area contributed by atoms with E-state index in [4.69, 9.17) is 21.7 Å². The van der Waals surface area contributed by atoms with Crippen molar-refractivity contribution in [2.75, 3.05) is 0 Å². The Hall–Kier alpha value is -2.20. The van der Waals surface area contributed by atoms with Crippen molar-refractivity contribution in [3.05, 3.63) is 0 Å². The number of amides is 2. The van der Waals surface area contributed by atoms with Gasteiger partial charge in [-0.1, -0.05) is 0 Å². The summed E-state index contributed by atoms with van der Waals surface area (Å²) in [6.07, 6.45) is 0.785. The van der Waals surface area contributed by atoms with E-state index in [0.29, 0.717) is 6.42 Å². The summed E-state index contributed by atoms with van der Waals surface area (Å²) in [5.74, 6) is -3.54. The van der Waals surface area contributed by atoms with Crippen molar-refractivity contribution < 1.29 is 29.4 Å². The van der Waals surface area contributed by atoms with Gasteiger partial charge in [0.2, 0.25) is 11.8 Å². The summed E-state index contributed by atoms with van der Waals surface area (Å²) < 4.78 is 0. The quantitative estimate of drug-likeness (QED) is 0.265. The van der Waals surface area contributed by atoms with Crippen molar-refractivity contribution in [2.45, 2.75) is 57.3 Å². The van der Waals surface area contributed by atoms with Gasteiger partial charge in [-0.3, -0.25) is 19.2 Å². The zero-order valence-electron chi connectivity index (χ0n) is 13.1. The van der Waals surface area contributed by atoms with Gasteiger partial charge in [-0.05, 0) is 33.1 Å². The van der Waals surface area contributed by atoms with Crippen molar-refractivity contribution in [2.24, 2.45) is 11.5 Å². The van der Waals surface area contributed by atoms with E-state index in [0.717, 1.165) is 0 Å². The SMILES string of the molecule is CC(NC(=O)C(N)CCCC(N)C(=O)NC(C)C(=O)O)C(=O)O. The van der Waals surface area contributed by atoms with E-state index >= 15 is 0 Å². The summed E-state index contributed by atoms with van der Waals surface area (Å²) in [6.45, 7) is 2.63. The number of hydrogen-bond acceptors (Lipinski definition) is 6. The molecule has 0 rings (SSSR count). The molecule has 0 aliphatic rings. The Morgan fingerprint density at radius 1 is 0.826 bits per heavy atom. The lowest BCUT2D eigenvalue weighted by molar-refractivity contribution is -0.141. The first-order chi connectivity index (χ1) is 10.6. The maximum Gasteiger partial charge on any atom is 0.325 e. The third-order valence-corrected chi connectivity index (χ3v) is 3.16. The highest BCUT2D eigenvalue weighted by atomic mass is 16.4. The molecule has 0 saturated carbocycles. The van der Waals surface area contributed by atoms with Crippen LogP contribution < -0.4 is 22.1 Å². The predicted octanol–water partition coefficient (Wildman–Crippen LogP) is -2.01. The molecule has 0 aromatic carbocycles. The van der Waals surface area contributed by atoms with Gasteiger partial charge in [0.1, 0.15) is 12.1 Å². The first-order valence-corrected chi connectivity index (χ1v) is 7.13. The van der Waals surface area contributed by atoms with Crippen molar-refractivity contribution >= 4 is 23.8 Å². The summed E-state index contributed by atoms with van der Waals surface area (Å²) in [7, 11) is 0. The lowest BCUT2D eigenvalue weighted by Gasteiger charge is -2.17. The lowest BCUT2D eigenvalue weighted by atomic mass is 10.0. The smallest absolute Gasteiger partial charge is 0.325 e. The summed E-state index contributed by atoms with van der Waals surface area (Å²) >= 11 is 0. The maximum absolute atomic E-state index is 11.6. The molecule has 0 aliphatic heterocycles. The van der Waals surface area contributed by atoms with Crippen LogP contribution in [0.3, 0.4) is 0 Å². The number of hydrogen-bond donors (Lipinski definition) is 6. The van der Waals surface area contributed by atoms with Gasteiger partial charge in [0.15, 0.2) is 0 Å². The molecule has 0 bridgehead atoms. The molecule has 0 heterocycles. The van der Waals surface area contributed by atoms with Gasteiger partial charge in [-0.2, -0.15) is 0 Å². The van der Waals surface area contributed by atoms with Crippen LogP contribution in [0.25, 0.3) is 0 Å². The van der Waals surface area contributed by atoms with Crippen molar-refractivity contribution in [3.63, 3.8) is 0 Å².